The minimum atomic E-state index is -0.642. The van der Waals surface area contributed by atoms with Crippen molar-refractivity contribution >= 4 is 44.8 Å². The maximum Gasteiger partial charge on any atom is 0.155 e. The van der Waals surface area contributed by atoms with Crippen LogP contribution in [0, 0.1) is 46.7 Å². The number of nitrogens with two attached hydrogens (primary N) is 5. The monoisotopic (exact) mass is 1210 g/mol. The molecule has 5 atom stereocenters. The molecule has 0 aliphatic carbocycles. The molecule has 0 spiro atoms. The molecule has 0 bridgehead atoms. The van der Waals surface area contributed by atoms with Gasteiger partial charge in [-0.1, -0.05) is 255 Å². The third-order valence-corrected chi connectivity index (χ3v) is 14.1. The number of hydrogen-bond acceptors (Lipinski definition) is 10. The molecule has 0 saturated carbocycles. The van der Waals surface area contributed by atoms with Crippen molar-refractivity contribution in [3.8, 4) is 0 Å². The molecule has 12 heteroatoms. The van der Waals surface area contributed by atoms with E-state index in [9.17, 15) is 28.4 Å². The number of Topliss-reactive ketones (excluding diaryl/α,β-unsaturated/α-hetero) is 5. The van der Waals surface area contributed by atoms with Gasteiger partial charge in [-0.25, -0.2) is 4.39 Å². The Balaban J connectivity index is 0.000000520. The first-order valence-electron chi connectivity index (χ1n) is 28.9. The summed E-state index contributed by atoms with van der Waals surface area (Å²) in [7, 11) is 0. The molecule has 10 nitrogen and oxygen atoms in total. The van der Waals surface area contributed by atoms with Crippen LogP contribution in [-0.4, -0.2) is 59.1 Å². The molecule has 0 aliphatic rings. The number of hydrogen-bond donors (Lipinski definition) is 5. The fraction of sp³-hybridized carbons (Fsp3) is 0.507. The number of aryl methyl sites for hydroxylation is 2. The van der Waals surface area contributed by atoms with Gasteiger partial charge < -0.3 is 28.7 Å². The molecule has 0 aromatic heterocycles. The second kappa shape index (κ2) is 32.8. The van der Waals surface area contributed by atoms with Gasteiger partial charge in [0, 0.05) is 31.5 Å². The van der Waals surface area contributed by atoms with Crippen LogP contribution in [0.5, 0.6) is 0 Å². The molecule has 0 aliphatic heterocycles. The Labute approximate surface area is 508 Å². The van der Waals surface area contributed by atoms with Crippen LogP contribution in [0.25, 0.3) is 0 Å². The lowest BCUT2D eigenvalue weighted by atomic mass is 9.83. The molecule has 0 radical (unpaired) electrons. The second-order valence-corrected chi connectivity index (χ2v) is 29.2. The van der Waals surface area contributed by atoms with Crippen molar-refractivity contribution in [3.05, 3.63) is 176 Å². The van der Waals surface area contributed by atoms with Gasteiger partial charge in [0.25, 0.3) is 0 Å². The lowest BCUT2D eigenvalue weighted by Gasteiger charge is -2.22. The van der Waals surface area contributed by atoms with E-state index in [-0.39, 0.29) is 68.2 Å². The second-order valence-electron chi connectivity index (χ2n) is 28.3. The molecule has 0 heterocycles. The molecular weight excluding hydrogens is 1100 g/mol. The third kappa shape index (κ3) is 28.9. The van der Waals surface area contributed by atoms with E-state index in [0.29, 0.717) is 31.2 Å². The predicted molar refractivity (Wildman–Crippen MR) is 349 cm³/mol. The van der Waals surface area contributed by atoms with Crippen LogP contribution < -0.4 is 28.7 Å². The zero-order valence-corrected chi connectivity index (χ0v) is 55.7. The maximum atomic E-state index is 13.3. The van der Waals surface area contributed by atoms with Gasteiger partial charge in [-0.15, -0.1) is 0 Å². The topological polar surface area (TPSA) is 215 Å². The van der Waals surface area contributed by atoms with Crippen molar-refractivity contribution in [1.29, 1.82) is 0 Å². The van der Waals surface area contributed by atoms with Gasteiger partial charge in [0.05, 0.1) is 30.2 Å². The van der Waals surface area contributed by atoms with E-state index in [1.807, 2.05) is 184 Å². The van der Waals surface area contributed by atoms with Crippen LogP contribution >= 0.6 is 15.9 Å². The van der Waals surface area contributed by atoms with Crippen LogP contribution in [0.3, 0.4) is 0 Å². The Morgan fingerprint density at radius 1 is 0.373 bits per heavy atom. The van der Waals surface area contributed by atoms with Gasteiger partial charge >= 0.3 is 0 Å². The highest BCUT2D eigenvalue weighted by Gasteiger charge is 2.31. The molecule has 0 unspecified atom stereocenters. The Morgan fingerprint density at radius 3 is 0.988 bits per heavy atom. The molecule has 0 fully saturated rings. The van der Waals surface area contributed by atoms with E-state index in [1.165, 1.54) is 22.8 Å². The summed E-state index contributed by atoms with van der Waals surface area (Å²) in [5.74, 6) is 0.111. The van der Waals surface area contributed by atoms with Crippen LogP contribution in [0.2, 0.25) is 0 Å². The average Bonchev–Trinajstić information content (AvgIpc) is 3.36. The van der Waals surface area contributed by atoms with E-state index < -0.39 is 35.6 Å². The Bertz CT molecular complexity index is 2750. The molecule has 5 rings (SSSR count). The van der Waals surface area contributed by atoms with Gasteiger partial charge in [0.2, 0.25) is 0 Å². The SMILES string of the molecule is CC(C)(C)C(=O)[C@H](N)Cc1ccc(Br)cc1.CC(C)(C)C(=O)[C@H](N)Cc1ccc(C(C)(C)C)cc1.CC(C)(C)C(=O)[C@H](N)Cc1ccccc1F.Cc1ccc(C[C@@H](N)C(=O)C(C)(C)C)cc1.Cc1cccc(C[C@@H](N)C(=O)C(C)(C)C)c1. The molecule has 0 saturated heterocycles. The summed E-state index contributed by atoms with van der Waals surface area (Å²) in [6, 6.07) is 36.7. The number of ketones is 5. The molecular formula is C71H105BrFN5O5. The summed E-state index contributed by atoms with van der Waals surface area (Å²) in [4.78, 5) is 59.6. The summed E-state index contributed by atoms with van der Waals surface area (Å²) in [5.41, 5.74) is 36.5. The minimum Gasteiger partial charge on any atom is -0.321 e. The summed E-state index contributed by atoms with van der Waals surface area (Å²) in [6.45, 7) is 39.0. The lowest BCUT2D eigenvalue weighted by Crippen LogP contribution is -2.40. The van der Waals surface area contributed by atoms with Gasteiger partial charge in [-0.05, 0) is 103 Å². The quantitative estimate of drug-likeness (QED) is 0.0668. The van der Waals surface area contributed by atoms with Gasteiger partial charge in [-0.3, -0.25) is 24.0 Å². The Morgan fingerprint density at radius 2 is 0.675 bits per heavy atom. The highest BCUT2D eigenvalue weighted by molar-refractivity contribution is 9.10. The first kappa shape index (κ1) is 75.7. The Hall–Kier alpha value is -5.34. The van der Waals surface area contributed by atoms with Crippen molar-refractivity contribution in [1.82, 2.24) is 0 Å². The van der Waals surface area contributed by atoms with Gasteiger partial charge in [0.1, 0.15) is 5.82 Å². The normalized spacial score (nSPS) is 13.7. The van der Waals surface area contributed by atoms with E-state index in [2.05, 4.69) is 67.0 Å². The Kier molecular flexibility index (Phi) is 29.9. The smallest absolute Gasteiger partial charge is 0.155 e. The minimum absolute atomic E-state index is 0.0456. The standard InChI is InChI=1S/C17H27NO.2C14H21NO.C13H18BrNO.C13H18FNO/c1-16(2,3)13-9-7-12(8-10-13)11-14(18)15(19)17(4,5)6;1-10-5-7-11(8-6-10)9-12(15)13(16)14(2,3)4;1-10-6-5-7-11(8-10)9-12(15)13(16)14(2,3)4;1-13(2,3)12(16)11(15)8-9-4-6-10(14)7-5-9;1-13(2,3)12(16)11(15)8-9-6-4-5-7-10(9)14/h7-10,14H,11,18H2,1-6H3;2*5-8,12H,9,15H2,1-4H3;2*4-7,11H,8,15H2,1-3H3/t14-;2*12-;2*11-/m11111/s1. The van der Waals surface area contributed by atoms with Crippen LogP contribution in [0.1, 0.15) is 169 Å². The van der Waals surface area contributed by atoms with Crippen molar-refractivity contribution in [2.75, 3.05) is 0 Å². The zero-order valence-electron chi connectivity index (χ0n) is 54.2. The van der Waals surface area contributed by atoms with Crippen molar-refractivity contribution < 1.29 is 28.4 Å². The van der Waals surface area contributed by atoms with E-state index in [1.54, 1.807) is 18.2 Å². The number of carbonyl (C=O) groups excluding carboxylic acids is 5. The first-order chi connectivity index (χ1) is 37.7. The van der Waals surface area contributed by atoms with Crippen LogP contribution in [0.4, 0.5) is 4.39 Å². The molecule has 5 aromatic carbocycles. The third-order valence-electron chi connectivity index (χ3n) is 13.5. The van der Waals surface area contributed by atoms with Crippen LogP contribution in [0.15, 0.2) is 126 Å². The first-order valence-corrected chi connectivity index (χ1v) is 29.7. The summed E-state index contributed by atoms with van der Waals surface area (Å²) >= 11 is 3.37. The number of halogens is 2. The van der Waals surface area contributed by atoms with Crippen molar-refractivity contribution in [2.45, 2.75) is 206 Å². The summed E-state index contributed by atoms with van der Waals surface area (Å²) < 4.78 is 14.4. The number of carbonyl (C=O) groups is 5. The van der Waals surface area contributed by atoms with E-state index in [0.717, 1.165) is 26.7 Å². The number of rotatable bonds is 15. The zero-order chi connectivity index (χ0) is 64.2. The summed E-state index contributed by atoms with van der Waals surface area (Å²) in [5, 5.41) is 0. The van der Waals surface area contributed by atoms with Gasteiger partial charge in [-0.2, -0.15) is 0 Å². The molecule has 10 N–H and O–H groups in total. The fourth-order valence-corrected chi connectivity index (χ4v) is 8.75. The van der Waals surface area contributed by atoms with Gasteiger partial charge in [0.15, 0.2) is 28.9 Å². The number of benzene rings is 5. The largest absolute Gasteiger partial charge is 0.321 e. The lowest BCUT2D eigenvalue weighted by molar-refractivity contribution is -0.128. The molecule has 83 heavy (non-hydrogen) atoms. The predicted octanol–water partition coefficient (Wildman–Crippen LogP) is 13.7. The molecule has 0 amide bonds. The van der Waals surface area contributed by atoms with Crippen molar-refractivity contribution in [2.24, 2.45) is 55.7 Å². The molecule has 5 aromatic rings. The van der Waals surface area contributed by atoms with E-state index in [4.69, 9.17) is 28.7 Å². The summed E-state index contributed by atoms with van der Waals surface area (Å²) in [6.07, 6.45) is 2.71. The van der Waals surface area contributed by atoms with Crippen LogP contribution in [-0.2, 0) is 61.5 Å². The highest BCUT2D eigenvalue weighted by atomic mass is 79.9. The van der Waals surface area contributed by atoms with E-state index >= 15 is 0 Å². The average molecular weight is 1210 g/mol. The van der Waals surface area contributed by atoms with Crippen molar-refractivity contribution in [3.63, 3.8) is 0 Å². The fourth-order valence-electron chi connectivity index (χ4n) is 8.49. The molecule has 458 valence electrons. The maximum absolute atomic E-state index is 13.3. The highest BCUT2D eigenvalue weighted by Crippen LogP contribution is 2.25.